The van der Waals surface area contributed by atoms with Crippen molar-refractivity contribution in [3.63, 3.8) is 0 Å². The molecule has 2 atom stereocenters. The Labute approximate surface area is 121 Å². The molecule has 5 heteroatoms. The number of hydrogen-bond acceptors (Lipinski definition) is 3. The van der Waals surface area contributed by atoms with Crippen molar-refractivity contribution >= 4 is 11.9 Å². The Kier molecular flexibility index (Phi) is 6.99. The molecule has 1 saturated heterocycles. The third-order valence-electron chi connectivity index (χ3n) is 4.01. The van der Waals surface area contributed by atoms with Crippen molar-refractivity contribution in [1.82, 2.24) is 5.32 Å². The van der Waals surface area contributed by atoms with Crippen LogP contribution in [-0.2, 0) is 14.3 Å². The van der Waals surface area contributed by atoms with Crippen LogP contribution in [-0.4, -0.2) is 35.7 Å². The average Bonchev–Trinajstić information content (AvgIpc) is 2.81. The first-order valence-electron chi connectivity index (χ1n) is 7.62. The average molecular weight is 285 g/mol. The number of unbranched alkanes of at least 4 members (excludes halogenated alkanes) is 1. The molecule has 0 aliphatic carbocycles. The predicted molar refractivity (Wildman–Crippen MR) is 76.5 cm³/mol. The minimum absolute atomic E-state index is 0.0419. The Hall–Kier alpha value is -1.10. The fraction of sp³-hybridized carbons (Fsp3) is 0.867. The molecule has 0 bridgehead atoms. The minimum Gasteiger partial charge on any atom is -0.481 e. The summed E-state index contributed by atoms with van der Waals surface area (Å²) in [4.78, 5) is 23.1. The smallest absolute Gasteiger partial charge is 0.305 e. The molecule has 2 unspecified atom stereocenters. The Morgan fingerprint density at radius 1 is 1.40 bits per heavy atom. The first-order chi connectivity index (χ1) is 9.51. The molecule has 116 valence electrons. The molecule has 0 saturated carbocycles. The SMILES string of the molecule is CCCCC(CC)CC(=O)NC1(CC(=O)O)CCOC1. The lowest BCUT2D eigenvalue weighted by atomic mass is 9.91. The van der Waals surface area contributed by atoms with Crippen molar-refractivity contribution in [1.29, 1.82) is 0 Å². The van der Waals surface area contributed by atoms with Gasteiger partial charge in [0, 0.05) is 13.0 Å². The molecule has 1 aliphatic rings. The number of ether oxygens (including phenoxy) is 1. The van der Waals surface area contributed by atoms with Gasteiger partial charge in [-0.1, -0.05) is 33.1 Å². The number of hydrogen-bond donors (Lipinski definition) is 2. The predicted octanol–water partition coefficient (Wildman–Crippen LogP) is 2.34. The standard InChI is InChI=1S/C15H27NO4/c1-3-5-6-12(4-2)9-13(17)16-15(10-14(18)19)7-8-20-11-15/h12H,3-11H2,1-2H3,(H,16,17)(H,18,19). The van der Waals surface area contributed by atoms with E-state index in [0.717, 1.165) is 25.7 Å². The lowest BCUT2D eigenvalue weighted by molar-refractivity contribution is -0.139. The molecule has 1 rings (SSSR count). The van der Waals surface area contributed by atoms with Gasteiger partial charge in [0.25, 0.3) is 0 Å². The summed E-state index contributed by atoms with van der Waals surface area (Å²) in [5.74, 6) is -0.548. The minimum atomic E-state index is -0.895. The van der Waals surface area contributed by atoms with Crippen LogP contribution in [0.15, 0.2) is 0 Å². The summed E-state index contributed by atoms with van der Waals surface area (Å²) in [7, 11) is 0. The van der Waals surface area contributed by atoms with Crippen LogP contribution in [0.5, 0.6) is 0 Å². The summed E-state index contributed by atoms with van der Waals surface area (Å²) in [5, 5.41) is 11.9. The van der Waals surface area contributed by atoms with Gasteiger partial charge in [-0.3, -0.25) is 9.59 Å². The molecular formula is C15H27NO4. The summed E-state index contributed by atoms with van der Waals surface area (Å²) in [6.45, 7) is 5.06. The fourth-order valence-electron chi connectivity index (χ4n) is 2.73. The number of carboxylic acids is 1. The van der Waals surface area contributed by atoms with E-state index >= 15 is 0 Å². The van der Waals surface area contributed by atoms with Crippen LogP contribution in [0.4, 0.5) is 0 Å². The number of aliphatic carboxylic acids is 1. The first-order valence-corrected chi connectivity index (χ1v) is 7.62. The molecule has 1 fully saturated rings. The lowest BCUT2D eigenvalue weighted by Gasteiger charge is -2.28. The first kappa shape index (κ1) is 17.0. The number of amides is 1. The Morgan fingerprint density at radius 2 is 2.15 bits per heavy atom. The van der Waals surface area contributed by atoms with Crippen molar-refractivity contribution in [3.05, 3.63) is 0 Å². The van der Waals surface area contributed by atoms with E-state index in [1.165, 1.54) is 0 Å². The van der Waals surface area contributed by atoms with Crippen molar-refractivity contribution < 1.29 is 19.4 Å². The van der Waals surface area contributed by atoms with E-state index in [1.54, 1.807) is 0 Å². The zero-order valence-corrected chi connectivity index (χ0v) is 12.6. The van der Waals surface area contributed by atoms with E-state index in [4.69, 9.17) is 9.84 Å². The Morgan fingerprint density at radius 3 is 2.65 bits per heavy atom. The van der Waals surface area contributed by atoms with Crippen molar-refractivity contribution in [2.24, 2.45) is 5.92 Å². The Balaban J connectivity index is 2.51. The molecular weight excluding hydrogens is 258 g/mol. The highest BCUT2D eigenvalue weighted by molar-refractivity contribution is 5.78. The largest absolute Gasteiger partial charge is 0.481 e. The van der Waals surface area contributed by atoms with Gasteiger partial charge in [0.15, 0.2) is 0 Å². The maximum atomic E-state index is 12.2. The molecule has 1 amide bonds. The molecule has 0 aromatic rings. The van der Waals surface area contributed by atoms with Crippen LogP contribution in [0.25, 0.3) is 0 Å². The van der Waals surface area contributed by atoms with Crippen LogP contribution in [0.2, 0.25) is 0 Å². The maximum absolute atomic E-state index is 12.2. The van der Waals surface area contributed by atoms with Crippen LogP contribution < -0.4 is 5.32 Å². The normalized spacial score (nSPS) is 23.5. The van der Waals surface area contributed by atoms with Gasteiger partial charge in [-0.15, -0.1) is 0 Å². The number of carboxylic acid groups (broad SMARTS) is 1. The van der Waals surface area contributed by atoms with Gasteiger partial charge in [-0.25, -0.2) is 0 Å². The highest BCUT2D eigenvalue weighted by atomic mass is 16.5. The van der Waals surface area contributed by atoms with Gasteiger partial charge in [-0.2, -0.15) is 0 Å². The number of carbonyl (C=O) groups excluding carboxylic acids is 1. The van der Waals surface area contributed by atoms with E-state index < -0.39 is 11.5 Å². The molecule has 20 heavy (non-hydrogen) atoms. The van der Waals surface area contributed by atoms with E-state index in [0.29, 0.717) is 32.0 Å². The van der Waals surface area contributed by atoms with E-state index in [1.807, 2.05) is 0 Å². The zero-order valence-electron chi connectivity index (χ0n) is 12.6. The highest BCUT2D eigenvalue weighted by Crippen LogP contribution is 2.24. The third-order valence-corrected chi connectivity index (χ3v) is 4.01. The van der Waals surface area contributed by atoms with Crippen molar-refractivity contribution in [3.8, 4) is 0 Å². The van der Waals surface area contributed by atoms with Gasteiger partial charge in [0.05, 0.1) is 18.6 Å². The molecule has 0 aromatic carbocycles. The summed E-state index contributed by atoms with van der Waals surface area (Å²) < 4.78 is 5.28. The quantitative estimate of drug-likeness (QED) is 0.682. The second-order valence-electron chi connectivity index (χ2n) is 5.82. The fourth-order valence-corrected chi connectivity index (χ4v) is 2.73. The van der Waals surface area contributed by atoms with Crippen molar-refractivity contribution in [2.45, 2.75) is 64.3 Å². The van der Waals surface area contributed by atoms with Crippen LogP contribution in [0.1, 0.15) is 58.8 Å². The van der Waals surface area contributed by atoms with Gasteiger partial charge in [-0.05, 0) is 18.8 Å². The second-order valence-corrected chi connectivity index (χ2v) is 5.82. The van der Waals surface area contributed by atoms with Crippen molar-refractivity contribution in [2.75, 3.05) is 13.2 Å². The monoisotopic (exact) mass is 285 g/mol. The van der Waals surface area contributed by atoms with E-state index in [9.17, 15) is 9.59 Å². The molecule has 2 N–H and O–H groups in total. The van der Waals surface area contributed by atoms with Crippen LogP contribution in [0.3, 0.4) is 0 Å². The molecule has 0 radical (unpaired) electrons. The molecule has 1 heterocycles. The second kappa shape index (κ2) is 8.25. The summed E-state index contributed by atoms with van der Waals surface area (Å²) in [6.07, 6.45) is 5.31. The Bertz CT molecular complexity index is 324. The summed E-state index contributed by atoms with van der Waals surface area (Å²) >= 11 is 0. The van der Waals surface area contributed by atoms with Gasteiger partial charge in [0.2, 0.25) is 5.91 Å². The van der Waals surface area contributed by atoms with Crippen LogP contribution >= 0.6 is 0 Å². The van der Waals surface area contributed by atoms with Crippen LogP contribution in [0, 0.1) is 5.92 Å². The molecule has 0 spiro atoms. The van der Waals surface area contributed by atoms with Gasteiger partial charge < -0.3 is 15.2 Å². The third kappa shape index (κ3) is 5.49. The van der Waals surface area contributed by atoms with E-state index in [2.05, 4.69) is 19.2 Å². The number of carbonyl (C=O) groups is 2. The molecule has 0 aromatic heterocycles. The topological polar surface area (TPSA) is 75.6 Å². The van der Waals surface area contributed by atoms with Gasteiger partial charge >= 0.3 is 5.97 Å². The maximum Gasteiger partial charge on any atom is 0.305 e. The van der Waals surface area contributed by atoms with E-state index in [-0.39, 0.29) is 12.3 Å². The highest BCUT2D eigenvalue weighted by Gasteiger charge is 2.38. The summed E-state index contributed by atoms with van der Waals surface area (Å²) in [6, 6.07) is 0. The van der Waals surface area contributed by atoms with Gasteiger partial charge in [0.1, 0.15) is 0 Å². The number of rotatable bonds is 9. The summed E-state index contributed by atoms with van der Waals surface area (Å²) in [5.41, 5.74) is -0.702. The molecule has 5 nitrogen and oxygen atoms in total. The number of nitrogens with one attached hydrogen (secondary N) is 1. The zero-order chi connectivity index (χ0) is 15.0. The lowest BCUT2D eigenvalue weighted by Crippen LogP contribution is -2.50. The molecule has 1 aliphatic heterocycles.